The minimum absolute atomic E-state index is 0.00919. The normalized spacial score (nSPS) is 14.6. The van der Waals surface area contributed by atoms with Crippen molar-refractivity contribution < 1.29 is 22.9 Å². The zero-order valence-corrected chi connectivity index (χ0v) is 18.2. The van der Waals surface area contributed by atoms with E-state index in [-0.39, 0.29) is 48.4 Å². The van der Waals surface area contributed by atoms with Crippen LogP contribution in [-0.2, 0) is 10.0 Å². The molecule has 3 aromatic rings. The van der Waals surface area contributed by atoms with Crippen LogP contribution >= 0.6 is 0 Å². The molecular formula is C22H20N4O6S. The molecule has 1 amide bonds. The molecule has 1 aliphatic rings. The molecule has 33 heavy (non-hydrogen) atoms. The van der Waals surface area contributed by atoms with E-state index in [2.05, 4.69) is 4.98 Å². The number of rotatable bonds is 6. The molecule has 4 rings (SSSR count). The number of hydrogen-bond acceptors (Lipinski definition) is 7. The number of ether oxygens (including phenoxy) is 1. The van der Waals surface area contributed by atoms with Gasteiger partial charge in [0.05, 0.1) is 4.92 Å². The Morgan fingerprint density at radius 2 is 1.61 bits per heavy atom. The van der Waals surface area contributed by atoms with Crippen molar-refractivity contribution >= 4 is 21.6 Å². The van der Waals surface area contributed by atoms with Gasteiger partial charge < -0.3 is 9.64 Å². The van der Waals surface area contributed by atoms with Crippen LogP contribution in [0.1, 0.15) is 10.4 Å². The van der Waals surface area contributed by atoms with Crippen molar-refractivity contribution in [3.05, 3.63) is 88.6 Å². The lowest BCUT2D eigenvalue weighted by Gasteiger charge is -2.34. The van der Waals surface area contributed by atoms with Gasteiger partial charge in [-0.15, -0.1) is 0 Å². The summed E-state index contributed by atoms with van der Waals surface area (Å²) in [6, 6.07) is 17.4. The van der Waals surface area contributed by atoms with E-state index in [1.54, 1.807) is 36.4 Å². The predicted molar refractivity (Wildman–Crippen MR) is 119 cm³/mol. The number of benzene rings is 2. The molecule has 11 heteroatoms. The zero-order chi connectivity index (χ0) is 23.4. The molecule has 170 valence electrons. The fourth-order valence-electron chi connectivity index (χ4n) is 3.50. The van der Waals surface area contributed by atoms with E-state index in [1.165, 1.54) is 29.3 Å². The Hall–Kier alpha value is -3.83. The van der Waals surface area contributed by atoms with Crippen LogP contribution in [0.2, 0.25) is 0 Å². The molecule has 2 heterocycles. The molecule has 0 bridgehead atoms. The Balaban J connectivity index is 1.49. The number of para-hydroxylation sites is 2. The monoisotopic (exact) mass is 468 g/mol. The Labute approximate surface area is 190 Å². The van der Waals surface area contributed by atoms with Crippen LogP contribution in [0.25, 0.3) is 0 Å². The molecule has 1 aromatic heterocycles. The molecule has 0 N–H and O–H groups in total. The molecule has 0 unspecified atom stereocenters. The van der Waals surface area contributed by atoms with Crippen LogP contribution in [0.3, 0.4) is 0 Å². The number of carbonyl (C=O) groups excluding carboxylic acids is 1. The molecule has 0 radical (unpaired) electrons. The van der Waals surface area contributed by atoms with Crippen molar-refractivity contribution in [1.82, 2.24) is 14.2 Å². The third-order valence-corrected chi connectivity index (χ3v) is 7.11. The summed E-state index contributed by atoms with van der Waals surface area (Å²) in [5.41, 5.74) is -0.217. The van der Waals surface area contributed by atoms with Gasteiger partial charge in [-0.25, -0.2) is 13.4 Å². The number of nitro groups is 1. The van der Waals surface area contributed by atoms with E-state index < -0.39 is 20.6 Å². The minimum atomic E-state index is -4.08. The van der Waals surface area contributed by atoms with Crippen LogP contribution in [0, 0.1) is 10.1 Å². The van der Waals surface area contributed by atoms with Gasteiger partial charge in [-0.3, -0.25) is 14.9 Å². The summed E-state index contributed by atoms with van der Waals surface area (Å²) in [4.78, 5) is 29.0. The summed E-state index contributed by atoms with van der Waals surface area (Å²) in [7, 11) is -4.08. The number of hydrogen-bond donors (Lipinski definition) is 0. The van der Waals surface area contributed by atoms with Gasteiger partial charge in [0.25, 0.3) is 11.6 Å². The highest BCUT2D eigenvalue weighted by Gasteiger charge is 2.35. The molecule has 0 saturated carbocycles. The fourth-order valence-corrected chi connectivity index (χ4v) is 5.08. The second-order valence-corrected chi connectivity index (χ2v) is 9.10. The summed E-state index contributed by atoms with van der Waals surface area (Å²) < 4.78 is 32.9. The summed E-state index contributed by atoms with van der Waals surface area (Å²) in [5, 5.41) is 11.3. The number of amides is 1. The summed E-state index contributed by atoms with van der Waals surface area (Å²) in [6.07, 6.45) is 1.52. The van der Waals surface area contributed by atoms with E-state index in [9.17, 15) is 23.3 Å². The smallest absolute Gasteiger partial charge is 0.289 e. The van der Waals surface area contributed by atoms with E-state index in [0.717, 1.165) is 10.4 Å². The molecule has 1 aliphatic heterocycles. The second kappa shape index (κ2) is 9.35. The Bertz CT molecular complexity index is 1270. The average molecular weight is 468 g/mol. The highest BCUT2D eigenvalue weighted by atomic mass is 32.2. The topological polar surface area (TPSA) is 123 Å². The number of nitrogens with zero attached hydrogens (tertiary/aromatic N) is 4. The van der Waals surface area contributed by atoms with Gasteiger partial charge in [0.1, 0.15) is 11.3 Å². The first kappa shape index (κ1) is 22.4. The van der Waals surface area contributed by atoms with Crippen LogP contribution < -0.4 is 4.74 Å². The van der Waals surface area contributed by atoms with Gasteiger partial charge in [0.15, 0.2) is 4.90 Å². The Morgan fingerprint density at radius 3 is 2.30 bits per heavy atom. The van der Waals surface area contributed by atoms with Crippen LogP contribution in [0.4, 0.5) is 5.69 Å². The number of sulfonamides is 1. The second-order valence-electron chi connectivity index (χ2n) is 7.19. The van der Waals surface area contributed by atoms with Gasteiger partial charge in [-0.2, -0.15) is 4.31 Å². The van der Waals surface area contributed by atoms with Gasteiger partial charge in [-0.1, -0.05) is 30.3 Å². The van der Waals surface area contributed by atoms with E-state index in [4.69, 9.17) is 4.74 Å². The van der Waals surface area contributed by atoms with Crippen molar-refractivity contribution in [3.8, 4) is 11.6 Å². The first-order chi connectivity index (χ1) is 15.9. The van der Waals surface area contributed by atoms with E-state index in [0.29, 0.717) is 5.75 Å². The Kier molecular flexibility index (Phi) is 6.33. The van der Waals surface area contributed by atoms with Gasteiger partial charge in [-0.05, 0) is 30.3 Å². The van der Waals surface area contributed by atoms with Crippen molar-refractivity contribution in [2.75, 3.05) is 26.2 Å². The minimum Gasteiger partial charge on any atom is -0.438 e. The first-order valence-electron chi connectivity index (χ1n) is 10.1. The first-order valence-corrected chi connectivity index (χ1v) is 11.5. The van der Waals surface area contributed by atoms with Crippen LogP contribution in [-0.4, -0.2) is 59.6 Å². The maximum Gasteiger partial charge on any atom is 0.289 e. The van der Waals surface area contributed by atoms with Crippen molar-refractivity contribution in [3.63, 3.8) is 0 Å². The SMILES string of the molecule is O=C(c1cccnc1Oc1ccccc1)N1CCN(S(=O)(=O)c2ccccc2[N+](=O)[O-])CC1. The van der Waals surface area contributed by atoms with Crippen LogP contribution in [0.15, 0.2) is 77.8 Å². The molecular weight excluding hydrogens is 448 g/mol. The Morgan fingerprint density at radius 1 is 0.939 bits per heavy atom. The summed E-state index contributed by atoms with van der Waals surface area (Å²) >= 11 is 0. The highest BCUT2D eigenvalue weighted by Crippen LogP contribution is 2.28. The van der Waals surface area contributed by atoms with Crippen LogP contribution in [0.5, 0.6) is 11.6 Å². The molecule has 0 spiro atoms. The van der Waals surface area contributed by atoms with E-state index in [1.807, 2.05) is 6.07 Å². The maximum absolute atomic E-state index is 13.1. The fraction of sp³-hybridized carbons (Fsp3) is 0.182. The molecule has 0 aliphatic carbocycles. The lowest BCUT2D eigenvalue weighted by atomic mass is 10.2. The quantitative estimate of drug-likeness (QED) is 0.402. The lowest BCUT2D eigenvalue weighted by molar-refractivity contribution is -0.387. The summed E-state index contributed by atoms with van der Waals surface area (Å²) in [6.45, 7) is 0.265. The summed E-state index contributed by atoms with van der Waals surface area (Å²) in [5.74, 6) is 0.353. The standard InChI is InChI=1S/C22H20N4O6S/c27-22(18-9-6-12-23-21(18)32-17-7-2-1-3-8-17)24-13-15-25(16-14-24)33(30,31)20-11-5-4-10-19(20)26(28)29/h1-12H,13-16H2. The lowest BCUT2D eigenvalue weighted by Crippen LogP contribution is -2.50. The zero-order valence-electron chi connectivity index (χ0n) is 17.4. The molecule has 2 aromatic carbocycles. The number of aromatic nitrogens is 1. The number of piperazine rings is 1. The van der Waals surface area contributed by atoms with E-state index >= 15 is 0 Å². The van der Waals surface area contributed by atoms with Gasteiger partial charge in [0, 0.05) is 38.4 Å². The third kappa shape index (κ3) is 4.69. The maximum atomic E-state index is 13.1. The van der Waals surface area contributed by atoms with Crippen molar-refractivity contribution in [2.24, 2.45) is 0 Å². The third-order valence-electron chi connectivity index (χ3n) is 5.16. The average Bonchev–Trinajstić information content (AvgIpc) is 2.84. The highest BCUT2D eigenvalue weighted by molar-refractivity contribution is 7.89. The molecule has 1 fully saturated rings. The number of pyridine rings is 1. The predicted octanol–water partition coefficient (Wildman–Crippen LogP) is 2.93. The molecule has 1 saturated heterocycles. The van der Waals surface area contributed by atoms with Crippen molar-refractivity contribution in [2.45, 2.75) is 4.90 Å². The van der Waals surface area contributed by atoms with Gasteiger partial charge >= 0.3 is 0 Å². The largest absolute Gasteiger partial charge is 0.438 e. The number of carbonyl (C=O) groups is 1. The number of nitro benzene ring substituents is 1. The van der Waals surface area contributed by atoms with Crippen molar-refractivity contribution in [1.29, 1.82) is 0 Å². The molecule has 0 atom stereocenters. The van der Waals surface area contributed by atoms with Gasteiger partial charge in [0.2, 0.25) is 15.9 Å². The molecule has 10 nitrogen and oxygen atoms in total.